The third-order valence-electron chi connectivity index (χ3n) is 3.88. The van der Waals surface area contributed by atoms with Gasteiger partial charge in [0.15, 0.2) is 5.82 Å². The van der Waals surface area contributed by atoms with Crippen LogP contribution in [0.5, 0.6) is 0 Å². The van der Waals surface area contributed by atoms with Crippen LogP contribution in [0.15, 0.2) is 41.2 Å². The van der Waals surface area contributed by atoms with Gasteiger partial charge in [0.25, 0.3) is 0 Å². The molecule has 0 spiro atoms. The number of hydrogen-bond acceptors (Lipinski definition) is 2. The molecule has 0 unspecified atom stereocenters. The molecular formula is C17H20N4O. The predicted molar refractivity (Wildman–Crippen MR) is 86.2 cm³/mol. The maximum atomic E-state index is 12.5. The number of aryl methyl sites for hydroxylation is 4. The lowest BCUT2D eigenvalue weighted by Gasteiger charge is -2.12. The van der Waals surface area contributed by atoms with Crippen LogP contribution in [0.1, 0.15) is 28.3 Å². The van der Waals surface area contributed by atoms with Gasteiger partial charge in [0.1, 0.15) is 0 Å². The molecule has 0 radical (unpaired) electrons. The standard InChI is InChI=1S/C17H20N4O/c1-12-5-9-15(10-6-12)11-16-18-19(4)17(22)21(16)20-13(2)7-8-14(20)3/h5-10H,11H2,1-4H3. The summed E-state index contributed by atoms with van der Waals surface area (Å²) in [6.45, 7) is 6.04. The number of rotatable bonds is 3. The van der Waals surface area contributed by atoms with E-state index in [1.165, 1.54) is 10.2 Å². The van der Waals surface area contributed by atoms with Crippen molar-refractivity contribution < 1.29 is 0 Å². The third kappa shape index (κ3) is 2.39. The number of nitrogens with zero attached hydrogens (tertiary/aromatic N) is 4. The lowest BCUT2D eigenvalue weighted by atomic mass is 10.1. The van der Waals surface area contributed by atoms with Gasteiger partial charge in [0.05, 0.1) is 0 Å². The zero-order valence-electron chi connectivity index (χ0n) is 13.4. The molecule has 0 aliphatic carbocycles. The molecule has 5 heteroatoms. The summed E-state index contributed by atoms with van der Waals surface area (Å²) in [5, 5.41) is 4.41. The molecule has 0 aliphatic rings. The summed E-state index contributed by atoms with van der Waals surface area (Å²) in [6.07, 6.45) is 0.618. The zero-order chi connectivity index (χ0) is 15.9. The first-order valence-electron chi connectivity index (χ1n) is 7.33. The fourth-order valence-corrected chi connectivity index (χ4v) is 2.68. The molecule has 0 amide bonds. The Balaban J connectivity index is 2.11. The van der Waals surface area contributed by atoms with Crippen molar-refractivity contribution >= 4 is 0 Å². The highest BCUT2D eigenvalue weighted by Gasteiger charge is 2.16. The van der Waals surface area contributed by atoms with E-state index in [0.717, 1.165) is 22.8 Å². The molecule has 1 aromatic carbocycles. The lowest BCUT2D eigenvalue weighted by Crippen LogP contribution is -2.30. The maximum Gasteiger partial charge on any atom is 0.365 e. The van der Waals surface area contributed by atoms with E-state index < -0.39 is 0 Å². The van der Waals surface area contributed by atoms with Gasteiger partial charge in [-0.25, -0.2) is 9.48 Å². The topological polar surface area (TPSA) is 44.8 Å². The van der Waals surface area contributed by atoms with Crippen molar-refractivity contribution in [2.45, 2.75) is 27.2 Å². The summed E-state index contributed by atoms with van der Waals surface area (Å²) in [5.74, 6) is 0.735. The second-order valence-electron chi connectivity index (χ2n) is 5.72. The second kappa shape index (κ2) is 5.33. The second-order valence-corrected chi connectivity index (χ2v) is 5.72. The Morgan fingerprint density at radius 1 is 0.909 bits per heavy atom. The van der Waals surface area contributed by atoms with Crippen molar-refractivity contribution in [3.8, 4) is 0 Å². The first-order chi connectivity index (χ1) is 10.5. The van der Waals surface area contributed by atoms with Crippen LogP contribution in [0.25, 0.3) is 0 Å². The normalized spacial score (nSPS) is 11.1. The SMILES string of the molecule is Cc1ccc(Cc2nn(C)c(=O)n2-n2c(C)ccc2C)cc1. The average Bonchev–Trinajstić information content (AvgIpc) is 2.94. The molecule has 0 saturated heterocycles. The highest BCUT2D eigenvalue weighted by Crippen LogP contribution is 2.12. The van der Waals surface area contributed by atoms with Gasteiger partial charge in [0.2, 0.25) is 0 Å². The van der Waals surface area contributed by atoms with Gasteiger partial charge < -0.3 is 0 Å². The quantitative estimate of drug-likeness (QED) is 0.744. The van der Waals surface area contributed by atoms with E-state index in [4.69, 9.17) is 0 Å². The van der Waals surface area contributed by atoms with Gasteiger partial charge in [-0.05, 0) is 38.5 Å². The van der Waals surface area contributed by atoms with E-state index in [1.807, 2.05) is 30.7 Å². The summed E-state index contributed by atoms with van der Waals surface area (Å²) in [5.41, 5.74) is 4.25. The molecule has 2 heterocycles. The average molecular weight is 296 g/mol. The molecular weight excluding hydrogens is 276 g/mol. The fraction of sp³-hybridized carbons (Fsp3) is 0.294. The van der Waals surface area contributed by atoms with Crippen molar-refractivity contribution in [2.75, 3.05) is 0 Å². The number of aromatic nitrogens is 4. The molecule has 3 aromatic rings. The summed E-state index contributed by atoms with van der Waals surface area (Å²) < 4.78 is 4.96. The first-order valence-corrected chi connectivity index (χ1v) is 7.33. The van der Waals surface area contributed by atoms with E-state index >= 15 is 0 Å². The summed E-state index contributed by atoms with van der Waals surface area (Å²) >= 11 is 0. The van der Waals surface area contributed by atoms with Crippen molar-refractivity contribution in [3.63, 3.8) is 0 Å². The predicted octanol–water partition coefficient (Wildman–Crippen LogP) is 2.21. The molecule has 0 fully saturated rings. The molecule has 0 N–H and O–H groups in total. The first kappa shape index (κ1) is 14.4. The molecule has 2 aromatic heterocycles. The Kier molecular flexibility index (Phi) is 3.48. The fourth-order valence-electron chi connectivity index (χ4n) is 2.68. The van der Waals surface area contributed by atoms with Crippen LogP contribution >= 0.6 is 0 Å². The Morgan fingerprint density at radius 3 is 2.09 bits per heavy atom. The van der Waals surface area contributed by atoms with Crippen molar-refractivity contribution in [1.29, 1.82) is 0 Å². The Hall–Kier alpha value is -2.56. The van der Waals surface area contributed by atoms with Gasteiger partial charge in [-0.1, -0.05) is 29.8 Å². The highest BCUT2D eigenvalue weighted by molar-refractivity contribution is 5.24. The Bertz CT molecular complexity index is 846. The minimum absolute atomic E-state index is 0.135. The molecule has 22 heavy (non-hydrogen) atoms. The summed E-state index contributed by atoms with van der Waals surface area (Å²) in [6, 6.07) is 12.3. The molecule has 0 atom stereocenters. The molecule has 5 nitrogen and oxygen atoms in total. The molecule has 0 aliphatic heterocycles. The van der Waals surface area contributed by atoms with Crippen LogP contribution in [-0.2, 0) is 13.5 Å². The lowest BCUT2D eigenvalue weighted by molar-refractivity contribution is 0.568. The van der Waals surface area contributed by atoms with Crippen molar-refractivity contribution in [2.24, 2.45) is 7.05 Å². The monoisotopic (exact) mass is 296 g/mol. The summed E-state index contributed by atoms with van der Waals surface area (Å²) in [4.78, 5) is 12.5. The van der Waals surface area contributed by atoms with E-state index in [-0.39, 0.29) is 5.69 Å². The van der Waals surface area contributed by atoms with Gasteiger partial charge in [-0.3, -0.25) is 4.68 Å². The van der Waals surface area contributed by atoms with Gasteiger partial charge in [0, 0.05) is 24.9 Å². The van der Waals surface area contributed by atoms with Crippen LogP contribution in [0, 0.1) is 20.8 Å². The van der Waals surface area contributed by atoms with Crippen LogP contribution in [0.3, 0.4) is 0 Å². The van der Waals surface area contributed by atoms with E-state index in [1.54, 1.807) is 11.7 Å². The van der Waals surface area contributed by atoms with Crippen LogP contribution in [-0.4, -0.2) is 19.1 Å². The Morgan fingerprint density at radius 2 is 1.50 bits per heavy atom. The van der Waals surface area contributed by atoms with Crippen molar-refractivity contribution in [3.05, 3.63) is 75.2 Å². The summed E-state index contributed by atoms with van der Waals surface area (Å²) in [7, 11) is 1.69. The van der Waals surface area contributed by atoms with E-state index in [0.29, 0.717) is 6.42 Å². The smallest absolute Gasteiger partial charge is 0.253 e. The zero-order valence-corrected chi connectivity index (χ0v) is 13.4. The molecule has 0 saturated carbocycles. The van der Waals surface area contributed by atoms with Crippen molar-refractivity contribution in [1.82, 2.24) is 19.1 Å². The molecule has 3 rings (SSSR count). The number of benzene rings is 1. The number of hydrogen-bond donors (Lipinski definition) is 0. The maximum absolute atomic E-state index is 12.5. The Labute approximate surface area is 129 Å². The van der Waals surface area contributed by atoms with Crippen LogP contribution in [0.4, 0.5) is 0 Å². The van der Waals surface area contributed by atoms with Crippen LogP contribution < -0.4 is 5.69 Å². The molecule has 0 bridgehead atoms. The van der Waals surface area contributed by atoms with E-state index in [2.05, 4.69) is 36.3 Å². The largest absolute Gasteiger partial charge is 0.365 e. The molecule has 114 valence electrons. The minimum Gasteiger partial charge on any atom is -0.253 e. The van der Waals surface area contributed by atoms with Gasteiger partial charge >= 0.3 is 5.69 Å². The highest BCUT2D eigenvalue weighted by atomic mass is 16.2. The van der Waals surface area contributed by atoms with E-state index in [9.17, 15) is 4.79 Å². The minimum atomic E-state index is -0.135. The third-order valence-corrected chi connectivity index (χ3v) is 3.88. The van der Waals surface area contributed by atoms with Gasteiger partial charge in [-0.15, -0.1) is 0 Å². The van der Waals surface area contributed by atoms with Gasteiger partial charge in [-0.2, -0.15) is 9.77 Å². The van der Waals surface area contributed by atoms with Crippen LogP contribution in [0.2, 0.25) is 0 Å².